The summed E-state index contributed by atoms with van der Waals surface area (Å²) in [7, 11) is 0. The number of anilines is 1. The molecule has 5 rings (SSSR count). The van der Waals surface area contributed by atoms with E-state index in [1.807, 2.05) is 0 Å². The number of hydrogen-bond donors (Lipinski definition) is 1. The fourth-order valence-electron chi connectivity index (χ4n) is 4.86. The summed E-state index contributed by atoms with van der Waals surface area (Å²) in [5, 5.41) is 2.85. The number of piperazine rings is 1. The molecule has 1 atom stereocenters. The van der Waals surface area contributed by atoms with Gasteiger partial charge < -0.3 is 24.0 Å². The maximum absolute atomic E-state index is 14.9. The minimum atomic E-state index is -0.737. The molecule has 2 aliphatic heterocycles. The highest BCUT2D eigenvalue weighted by atomic mass is 35.5. The zero-order valence-corrected chi connectivity index (χ0v) is 26.8. The summed E-state index contributed by atoms with van der Waals surface area (Å²) in [5.41, 5.74) is -0.321. The number of halogens is 3. The number of rotatable bonds is 2. The number of fused-ring (bicyclic) bond motifs is 3. The Morgan fingerprint density at radius 3 is 2.47 bits per heavy atom. The quantitative estimate of drug-likeness (QED) is 0.311. The van der Waals surface area contributed by atoms with Crippen LogP contribution >= 0.6 is 34.5 Å². The molecule has 0 unspecified atom stereocenters. The molecule has 3 aromatic rings. The Bertz CT molecular complexity index is 1630. The maximum atomic E-state index is 14.9. The Kier molecular flexibility index (Phi) is 8.16. The van der Waals surface area contributed by atoms with E-state index in [0.29, 0.717) is 17.7 Å². The zero-order valence-electron chi connectivity index (χ0n) is 24.5. The minimum absolute atomic E-state index is 0.0576. The fourth-order valence-corrected chi connectivity index (χ4v) is 6.46. The van der Waals surface area contributed by atoms with Crippen molar-refractivity contribution in [1.82, 2.24) is 14.8 Å². The number of carbonyl (C=O) groups excluding carboxylic acids is 3. The van der Waals surface area contributed by atoms with Crippen molar-refractivity contribution in [3.05, 3.63) is 39.6 Å². The Balaban J connectivity index is 1.48. The van der Waals surface area contributed by atoms with Gasteiger partial charge in [-0.05, 0) is 59.7 Å². The Labute approximate surface area is 262 Å². The first-order valence-corrected chi connectivity index (χ1v) is 15.1. The normalized spacial score (nSPS) is 17.1. The second-order valence-corrected chi connectivity index (χ2v) is 14.0. The molecule has 1 fully saturated rings. The summed E-state index contributed by atoms with van der Waals surface area (Å²) in [6.07, 6.45) is -1.20. The third-order valence-corrected chi connectivity index (χ3v) is 8.23. The zero-order chi connectivity index (χ0) is 31.4. The maximum Gasteiger partial charge on any atom is 0.413 e. The van der Waals surface area contributed by atoms with Crippen LogP contribution < -0.4 is 10.1 Å². The van der Waals surface area contributed by atoms with Crippen molar-refractivity contribution in [2.75, 3.05) is 31.6 Å². The molecule has 2 aromatic carbocycles. The predicted molar refractivity (Wildman–Crippen MR) is 163 cm³/mol. The molecule has 2 aliphatic rings. The van der Waals surface area contributed by atoms with E-state index in [-0.39, 0.29) is 62.3 Å². The first-order chi connectivity index (χ1) is 20.0. The van der Waals surface area contributed by atoms with Gasteiger partial charge in [-0.3, -0.25) is 10.1 Å². The first kappa shape index (κ1) is 31.1. The molecule has 10 nitrogen and oxygen atoms in total. The third kappa shape index (κ3) is 6.46. The molecule has 1 aromatic heterocycles. The molecule has 0 saturated carbocycles. The van der Waals surface area contributed by atoms with Crippen LogP contribution in [0.1, 0.15) is 51.9 Å². The van der Waals surface area contributed by atoms with Crippen LogP contribution in [0.25, 0.3) is 21.3 Å². The molecule has 14 heteroatoms. The molecule has 230 valence electrons. The third-order valence-electron chi connectivity index (χ3n) is 6.59. The van der Waals surface area contributed by atoms with Crippen molar-refractivity contribution < 1.29 is 33.0 Å². The largest absolute Gasteiger partial charge is 0.489 e. The highest BCUT2D eigenvalue weighted by Crippen LogP contribution is 2.47. The summed E-state index contributed by atoms with van der Waals surface area (Å²) < 4.78 is 31.9. The van der Waals surface area contributed by atoms with Crippen LogP contribution in [0, 0.1) is 5.82 Å². The average Bonchev–Trinajstić information content (AvgIpc) is 3.25. The summed E-state index contributed by atoms with van der Waals surface area (Å²) in [6.45, 7) is 11.4. The lowest BCUT2D eigenvalue weighted by Crippen LogP contribution is -2.58. The molecule has 0 radical (unpaired) electrons. The van der Waals surface area contributed by atoms with Gasteiger partial charge in [-0.15, -0.1) is 0 Å². The van der Waals surface area contributed by atoms with E-state index in [1.165, 1.54) is 18.2 Å². The van der Waals surface area contributed by atoms with Gasteiger partial charge in [-0.25, -0.2) is 19.0 Å². The Hall–Kier alpha value is -3.35. The van der Waals surface area contributed by atoms with E-state index >= 15 is 0 Å². The van der Waals surface area contributed by atoms with Crippen LogP contribution in [0.4, 0.5) is 19.1 Å². The highest BCUT2D eigenvalue weighted by molar-refractivity contribution is 7.22. The topological polar surface area (TPSA) is 110 Å². The van der Waals surface area contributed by atoms with Crippen LogP contribution in [0.3, 0.4) is 0 Å². The van der Waals surface area contributed by atoms with E-state index in [2.05, 4.69) is 10.3 Å². The number of benzene rings is 2. The Morgan fingerprint density at radius 1 is 1.09 bits per heavy atom. The van der Waals surface area contributed by atoms with Gasteiger partial charge in [0.2, 0.25) is 0 Å². The lowest BCUT2D eigenvalue weighted by atomic mass is 10.0. The molecule has 0 spiro atoms. The molecule has 0 aliphatic carbocycles. The standard InChI is InChI=1S/C29H31Cl2FN4O6S/c1-28(2,3)41-26(38)34-25-33-21-15(7-8-18(32)23(21)43-25)19-17(30)11-16-22(20(19)31)40-13-14-12-35(9-10-36(14)24(16)37)27(39)42-29(4,5)6/h7-8,11,14H,9-10,12-13H2,1-6H3,(H,33,34,38)/t14-/m1/s1. The molecular formula is C29H31Cl2FN4O6S. The average molecular weight is 654 g/mol. The summed E-state index contributed by atoms with van der Waals surface area (Å²) in [6, 6.07) is 3.76. The van der Waals surface area contributed by atoms with Crippen LogP contribution in [0.5, 0.6) is 5.75 Å². The van der Waals surface area contributed by atoms with Crippen molar-refractivity contribution >= 4 is 68.0 Å². The van der Waals surface area contributed by atoms with E-state index in [0.717, 1.165) is 11.3 Å². The number of nitrogens with one attached hydrogen (secondary N) is 1. The van der Waals surface area contributed by atoms with Crippen LogP contribution in [0.15, 0.2) is 18.2 Å². The number of amides is 3. The van der Waals surface area contributed by atoms with Gasteiger partial charge in [0.25, 0.3) is 5.91 Å². The van der Waals surface area contributed by atoms with Gasteiger partial charge in [-0.2, -0.15) is 0 Å². The highest BCUT2D eigenvalue weighted by Gasteiger charge is 2.39. The smallest absolute Gasteiger partial charge is 0.413 e. The van der Waals surface area contributed by atoms with Gasteiger partial charge in [0, 0.05) is 30.8 Å². The van der Waals surface area contributed by atoms with Crippen LogP contribution in [-0.4, -0.2) is 76.4 Å². The van der Waals surface area contributed by atoms with Crippen molar-refractivity contribution in [2.45, 2.75) is 58.8 Å². The van der Waals surface area contributed by atoms with Gasteiger partial charge in [0.15, 0.2) is 10.9 Å². The fraction of sp³-hybridized carbons (Fsp3) is 0.448. The molecule has 0 bridgehead atoms. The predicted octanol–water partition coefficient (Wildman–Crippen LogP) is 7.21. The molecular weight excluding hydrogens is 622 g/mol. The SMILES string of the molecule is CC(C)(C)OC(=O)Nc1nc2c(-c3c(Cl)cc4c(c3Cl)OC[C@H]3CN(C(=O)OC(C)(C)C)CCN3C4=O)ccc(F)c2s1. The van der Waals surface area contributed by atoms with Gasteiger partial charge in [0.05, 0.1) is 31.9 Å². The number of hydrogen-bond acceptors (Lipinski definition) is 8. The second kappa shape index (κ2) is 11.3. The van der Waals surface area contributed by atoms with E-state index in [9.17, 15) is 18.8 Å². The molecule has 1 N–H and O–H groups in total. The van der Waals surface area contributed by atoms with Gasteiger partial charge >= 0.3 is 12.2 Å². The van der Waals surface area contributed by atoms with Gasteiger partial charge in [-0.1, -0.05) is 34.5 Å². The molecule has 3 heterocycles. The summed E-state index contributed by atoms with van der Waals surface area (Å²) in [4.78, 5) is 46.3. The molecule has 43 heavy (non-hydrogen) atoms. The lowest BCUT2D eigenvalue weighted by molar-refractivity contribution is 0.000947. The first-order valence-electron chi connectivity index (χ1n) is 13.6. The van der Waals surface area contributed by atoms with Crippen molar-refractivity contribution in [2.24, 2.45) is 0 Å². The second-order valence-electron chi connectivity index (χ2n) is 12.2. The van der Waals surface area contributed by atoms with Gasteiger partial charge in [0.1, 0.15) is 23.6 Å². The van der Waals surface area contributed by atoms with E-state index < -0.39 is 35.2 Å². The number of nitrogens with zero attached hydrogens (tertiary/aromatic N) is 3. The molecule has 1 saturated heterocycles. The summed E-state index contributed by atoms with van der Waals surface area (Å²) >= 11 is 14.6. The van der Waals surface area contributed by atoms with Crippen LogP contribution in [-0.2, 0) is 9.47 Å². The van der Waals surface area contributed by atoms with Crippen LogP contribution in [0.2, 0.25) is 10.0 Å². The number of aromatic nitrogens is 1. The van der Waals surface area contributed by atoms with E-state index in [4.69, 9.17) is 37.4 Å². The number of carbonyl (C=O) groups is 3. The minimum Gasteiger partial charge on any atom is -0.489 e. The van der Waals surface area contributed by atoms with Crippen molar-refractivity contribution in [1.29, 1.82) is 0 Å². The summed E-state index contributed by atoms with van der Waals surface area (Å²) in [5.74, 6) is -0.754. The van der Waals surface area contributed by atoms with Crippen molar-refractivity contribution in [3.63, 3.8) is 0 Å². The van der Waals surface area contributed by atoms with E-state index in [1.54, 1.807) is 51.3 Å². The Morgan fingerprint density at radius 2 is 1.79 bits per heavy atom. The van der Waals surface area contributed by atoms with Crippen molar-refractivity contribution in [3.8, 4) is 16.9 Å². The number of ether oxygens (including phenoxy) is 3. The number of thiazole rings is 1. The monoisotopic (exact) mass is 652 g/mol. The lowest BCUT2D eigenvalue weighted by Gasteiger charge is -2.40. The molecule has 3 amide bonds.